The van der Waals surface area contributed by atoms with E-state index in [-0.39, 0.29) is 5.38 Å². The molecule has 0 aliphatic heterocycles. The van der Waals surface area contributed by atoms with Crippen molar-refractivity contribution in [2.24, 2.45) is 0 Å². The molecule has 0 aromatic heterocycles. The normalized spacial score (nSPS) is 15.8. The van der Waals surface area contributed by atoms with Gasteiger partial charge in [0.25, 0.3) is 0 Å². The summed E-state index contributed by atoms with van der Waals surface area (Å²) in [7, 11) is 0. The predicted octanol–water partition coefficient (Wildman–Crippen LogP) is 3.27. The first kappa shape index (κ1) is 9.38. The number of hydrogen-bond donors (Lipinski definition) is 0. The van der Waals surface area contributed by atoms with Crippen molar-refractivity contribution >= 4 is 23.4 Å². The third-order valence-electron chi connectivity index (χ3n) is 1.05. The second-order valence-corrected chi connectivity index (χ2v) is 3.83. The fraction of sp³-hybridized carbons (Fsp3) is 0.714. The van der Waals surface area contributed by atoms with Crippen molar-refractivity contribution in [3.63, 3.8) is 0 Å². The van der Waals surface area contributed by atoms with E-state index in [1.54, 1.807) is 11.8 Å². The maximum Gasteiger partial charge on any atom is 0.0342 e. The monoisotopic (exact) mass is 164 g/mol. The molecule has 9 heavy (non-hydrogen) atoms. The van der Waals surface area contributed by atoms with E-state index in [0.717, 1.165) is 6.42 Å². The minimum Gasteiger partial charge on any atom is -0.135 e. The average molecular weight is 165 g/mol. The largest absolute Gasteiger partial charge is 0.135 e. The van der Waals surface area contributed by atoms with Crippen LogP contribution < -0.4 is 0 Å². The molecule has 1 atom stereocenters. The van der Waals surface area contributed by atoms with E-state index in [2.05, 4.69) is 19.3 Å². The van der Waals surface area contributed by atoms with Gasteiger partial charge in [0, 0.05) is 5.38 Å². The summed E-state index contributed by atoms with van der Waals surface area (Å²) in [4.78, 5) is 1.35. The first-order chi connectivity index (χ1) is 4.16. The van der Waals surface area contributed by atoms with Crippen LogP contribution in [0.15, 0.2) is 11.0 Å². The van der Waals surface area contributed by atoms with Crippen LogP contribution in [0, 0.1) is 0 Å². The van der Waals surface area contributed by atoms with Gasteiger partial charge < -0.3 is 0 Å². The van der Waals surface area contributed by atoms with E-state index in [9.17, 15) is 0 Å². The highest BCUT2D eigenvalue weighted by Crippen LogP contribution is 2.12. The van der Waals surface area contributed by atoms with Gasteiger partial charge in [-0.1, -0.05) is 6.08 Å². The van der Waals surface area contributed by atoms with Crippen LogP contribution in [-0.4, -0.2) is 11.6 Å². The van der Waals surface area contributed by atoms with Gasteiger partial charge in [0.05, 0.1) is 0 Å². The molecule has 2 heteroatoms. The van der Waals surface area contributed by atoms with Crippen LogP contribution in [0.4, 0.5) is 0 Å². The Bertz CT molecular complexity index is 97.1. The molecule has 1 unspecified atom stereocenters. The number of alkyl halides is 1. The molecular formula is C7H13ClS. The lowest BCUT2D eigenvalue weighted by molar-refractivity contribution is 0.965. The van der Waals surface area contributed by atoms with Crippen molar-refractivity contribution in [1.29, 1.82) is 0 Å². The van der Waals surface area contributed by atoms with Crippen LogP contribution in [-0.2, 0) is 0 Å². The van der Waals surface area contributed by atoms with E-state index in [4.69, 9.17) is 11.6 Å². The zero-order chi connectivity index (χ0) is 7.28. The summed E-state index contributed by atoms with van der Waals surface area (Å²) in [6.07, 6.45) is 5.22. The Hall–Kier alpha value is 0.380. The maximum absolute atomic E-state index is 5.72. The maximum atomic E-state index is 5.72. The molecule has 0 aromatic rings. The highest BCUT2D eigenvalue weighted by Gasteiger charge is 1.91. The summed E-state index contributed by atoms with van der Waals surface area (Å²) in [5.41, 5.74) is 0. The predicted molar refractivity (Wildman–Crippen MR) is 47.2 cm³/mol. The molecule has 0 amide bonds. The topological polar surface area (TPSA) is 0 Å². The first-order valence-electron chi connectivity index (χ1n) is 3.01. The summed E-state index contributed by atoms with van der Waals surface area (Å²) in [5.74, 6) is 0. The molecule has 0 heterocycles. The fourth-order valence-electron chi connectivity index (χ4n) is 0.412. The fourth-order valence-corrected chi connectivity index (χ4v) is 0.764. The lowest BCUT2D eigenvalue weighted by Gasteiger charge is -1.96. The van der Waals surface area contributed by atoms with Crippen LogP contribution in [0.25, 0.3) is 0 Å². The molecular weight excluding hydrogens is 152 g/mol. The quantitative estimate of drug-likeness (QED) is 0.577. The number of hydrogen-bond acceptors (Lipinski definition) is 1. The molecule has 0 aliphatic carbocycles. The molecule has 0 spiro atoms. The SMILES string of the molecule is CS/C(C)=C/CC(C)Cl. The van der Waals surface area contributed by atoms with Crippen LogP contribution in [0.1, 0.15) is 20.3 Å². The van der Waals surface area contributed by atoms with E-state index in [0.29, 0.717) is 0 Å². The minimum absolute atomic E-state index is 0.270. The van der Waals surface area contributed by atoms with Gasteiger partial charge in [0.1, 0.15) is 0 Å². The third kappa shape index (κ3) is 6.26. The summed E-state index contributed by atoms with van der Waals surface area (Å²) >= 11 is 7.49. The lowest BCUT2D eigenvalue weighted by atomic mass is 10.3. The molecule has 54 valence electrons. The van der Waals surface area contributed by atoms with E-state index in [1.807, 2.05) is 6.92 Å². The molecule has 0 rings (SSSR count). The Morgan fingerprint density at radius 1 is 1.78 bits per heavy atom. The molecule has 0 aromatic carbocycles. The first-order valence-corrected chi connectivity index (χ1v) is 4.67. The number of rotatable bonds is 3. The van der Waals surface area contributed by atoms with Crippen molar-refractivity contribution < 1.29 is 0 Å². The number of halogens is 1. The van der Waals surface area contributed by atoms with Gasteiger partial charge in [-0.15, -0.1) is 23.4 Å². The molecule has 0 fully saturated rings. The second kappa shape index (κ2) is 5.19. The highest BCUT2D eigenvalue weighted by atomic mass is 35.5. The zero-order valence-electron chi connectivity index (χ0n) is 6.15. The zero-order valence-corrected chi connectivity index (χ0v) is 7.72. The van der Waals surface area contributed by atoms with E-state index >= 15 is 0 Å². The van der Waals surface area contributed by atoms with E-state index < -0.39 is 0 Å². The number of allylic oxidation sites excluding steroid dienone is 2. The van der Waals surface area contributed by atoms with Crippen molar-refractivity contribution in [2.45, 2.75) is 25.6 Å². The van der Waals surface area contributed by atoms with Crippen molar-refractivity contribution in [3.8, 4) is 0 Å². The molecule has 0 nitrogen and oxygen atoms in total. The molecule has 0 aliphatic rings. The molecule has 0 bridgehead atoms. The van der Waals surface area contributed by atoms with Crippen LogP contribution >= 0.6 is 23.4 Å². The standard InChI is InChI=1S/C7H13ClS/c1-6(8)4-5-7(2)9-3/h5-6H,4H2,1-3H3/b7-5+. The molecule has 0 saturated carbocycles. The third-order valence-corrected chi connectivity index (χ3v) is 2.04. The van der Waals surface area contributed by atoms with Gasteiger partial charge in [-0.2, -0.15) is 0 Å². The van der Waals surface area contributed by atoms with Crippen molar-refractivity contribution in [3.05, 3.63) is 11.0 Å². The Morgan fingerprint density at radius 3 is 2.67 bits per heavy atom. The lowest BCUT2D eigenvalue weighted by Crippen LogP contribution is -1.85. The van der Waals surface area contributed by atoms with Gasteiger partial charge in [-0.3, -0.25) is 0 Å². The van der Waals surface area contributed by atoms with Gasteiger partial charge in [-0.05, 0) is 31.4 Å². The smallest absolute Gasteiger partial charge is 0.0342 e. The van der Waals surface area contributed by atoms with E-state index in [1.165, 1.54) is 4.91 Å². The summed E-state index contributed by atoms with van der Waals surface area (Å²) < 4.78 is 0. The molecule has 0 radical (unpaired) electrons. The minimum atomic E-state index is 0.270. The van der Waals surface area contributed by atoms with Gasteiger partial charge >= 0.3 is 0 Å². The second-order valence-electron chi connectivity index (χ2n) is 2.04. The van der Waals surface area contributed by atoms with Crippen molar-refractivity contribution in [2.75, 3.05) is 6.26 Å². The van der Waals surface area contributed by atoms with Gasteiger partial charge in [-0.25, -0.2) is 0 Å². The van der Waals surface area contributed by atoms with Gasteiger partial charge in [0.15, 0.2) is 0 Å². The highest BCUT2D eigenvalue weighted by molar-refractivity contribution is 8.02. The van der Waals surface area contributed by atoms with Crippen LogP contribution in [0.2, 0.25) is 0 Å². The molecule has 0 N–H and O–H groups in total. The Labute approximate surface area is 66.7 Å². The Balaban J connectivity index is 3.43. The van der Waals surface area contributed by atoms with Gasteiger partial charge in [0.2, 0.25) is 0 Å². The van der Waals surface area contributed by atoms with Crippen LogP contribution in [0.3, 0.4) is 0 Å². The van der Waals surface area contributed by atoms with Crippen molar-refractivity contribution in [1.82, 2.24) is 0 Å². The average Bonchev–Trinajstić information content (AvgIpc) is 1.83. The summed E-state index contributed by atoms with van der Waals surface area (Å²) in [6.45, 7) is 4.11. The van der Waals surface area contributed by atoms with Crippen LogP contribution in [0.5, 0.6) is 0 Å². The Morgan fingerprint density at radius 2 is 2.33 bits per heavy atom. The Kier molecular flexibility index (Phi) is 5.41. The molecule has 0 saturated heterocycles. The number of thioether (sulfide) groups is 1. The summed E-state index contributed by atoms with van der Waals surface area (Å²) in [6, 6.07) is 0. The summed E-state index contributed by atoms with van der Waals surface area (Å²) in [5, 5.41) is 0.270.